The van der Waals surface area contributed by atoms with Gasteiger partial charge in [0.05, 0.1) is 5.02 Å². The second kappa shape index (κ2) is 7.12. The summed E-state index contributed by atoms with van der Waals surface area (Å²) in [4.78, 5) is 22.1. The monoisotopic (exact) mass is 299 g/mol. The van der Waals surface area contributed by atoms with Gasteiger partial charge < -0.3 is 15.8 Å². The zero-order valence-electron chi connectivity index (χ0n) is 11.6. The fraction of sp³-hybridized carbons (Fsp3) is 0.385. The third-order valence-electron chi connectivity index (χ3n) is 2.81. The molecule has 0 fully saturated rings. The van der Waals surface area contributed by atoms with Gasteiger partial charge in [0.25, 0.3) is 5.91 Å². The van der Waals surface area contributed by atoms with Crippen LogP contribution in [-0.2, 0) is 4.79 Å². The molecule has 0 saturated heterocycles. The van der Waals surface area contributed by atoms with E-state index in [1.807, 2.05) is 25.4 Å². The molecule has 110 valence electrons. The Morgan fingerprint density at radius 2 is 2.00 bits per heavy atom. The molecule has 0 radical (unpaired) electrons. The van der Waals surface area contributed by atoms with Gasteiger partial charge in [-0.1, -0.05) is 17.7 Å². The minimum atomic E-state index is -0.922. The molecule has 1 aromatic rings. The third kappa shape index (κ3) is 4.40. The van der Waals surface area contributed by atoms with Gasteiger partial charge in [0.1, 0.15) is 5.75 Å². The number of ether oxygens (including phenoxy) is 1. The molecule has 7 heteroatoms. The van der Waals surface area contributed by atoms with E-state index in [1.54, 1.807) is 12.1 Å². The van der Waals surface area contributed by atoms with Crippen LogP contribution in [0, 0.1) is 0 Å². The average Bonchev–Trinajstić information content (AvgIpc) is 2.39. The lowest BCUT2D eigenvalue weighted by molar-refractivity contribution is -0.126. The molecule has 6 nitrogen and oxygen atoms in total. The normalized spacial score (nSPS) is 13.4. The van der Waals surface area contributed by atoms with Crippen LogP contribution in [0.4, 0.5) is 4.79 Å². The quantitative estimate of drug-likeness (QED) is 0.769. The number of imide groups is 1. The number of nitrogens with one attached hydrogen (secondary N) is 2. The van der Waals surface area contributed by atoms with E-state index >= 15 is 0 Å². The van der Waals surface area contributed by atoms with Crippen LogP contribution in [0.5, 0.6) is 5.75 Å². The van der Waals surface area contributed by atoms with E-state index in [1.165, 1.54) is 6.92 Å². The van der Waals surface area contributed by atoms with Crippen molar-refractivity contribution in [1.82, 2.24) is 10.6 Å². The lowest BCUT2D eigenvalue weighted by Gasteiger charge is -2.16. The Labute approximate surface area is 122 Å². The van der Waals surface area contributed by atoms with Crippen molar-refractivity contribution in [2.75, 3.05) is 7.05 Å². The Hall–Kier alpha value is -1.79. The average molecular weight is 300 g/mol. The van der Waals surface area contributed by atoms with E-state index in [4.69, 9.17) is 22.1 Å². The molecule has 0 aromatic heterocycles. The van der Waals surface area contributed by atoms with Crippen molar-refractivity contribution in [3.63, 3.8) is 0 Å². The first-order valence-corrected chi connectivity index (χ1v) is 6.46. The second-order valence-electron chi connectivity index (χ2n) is 4.31. The number of primary amides is 1. The summed E-state index contributed by atoms with van der Waals surface area (Å²) in [6.45, 7) is 3.49. The van der Waals surface area contributed by atoms with Crippen LogP contribution in [0.25, 0.3) is 0 Å². The highest BCUT2D eigenvalue weighted by Gasteiger charge is 2.17. The van der Waals surface area contributed by atoms with Crippen molar-refractivity contribution < 1.29 is 14.3 Å². The Morgan fingerprint density at radius 1 is 1.35 bits per heavy atom. The molecule has 20 heavy (non-hydrogen) atoms. The maximum atomic E-state index is 11.5. The van der Waals surface area contributed by atoms with Crippen LogP contribution in [0.2, 0.25) is 5.02 Å². The summed E-state index contributed by atoms with van der Waals surface area (Å²) in [5, 5.41) is 5.43. The Kier molecular flexibility index (Phi) is 5.79. The Morgan fingerprint density at radius 3 is 2.50 bits per heavy atom. The van der Waals surface area contributed by atoms with Gasteiger partial charge in [-0.3, -0.25) is 10.1 Å². The predicted octanol–water partition coefficient (Wildman–Crippen LogP) is 1.58. The summed E-state index contributed by atoms with van der Waals surface area (Å²) in [7, 11) is 1.85. The van der Waals surface area contributed by atoms with Gasteiger partial charge in [-0.05, 0) is 38.6 Å². The molecule has 0 spiro atoms. The maximum absolute atomic E-state index is 11.5. The van der Waals surface area contributed by atoms with Crippen LogP contribution in [0.1, 0.15) is 25.5 Å². The topological polar surface area (TPSA) is 93.4 Å². The number of carbonyl (C=O) groups excluding carboxylic acids is 2. The van der Waals surface area contributed by atoms with Gasteiger partial charge in [0.2, 0.25) is 0 Å². The van der Waals surface area contributed by atoms with E-state index in [0.29, 0.717) is 10.8 Å². The number of carbonyl (C=O) groups is 2. The molecule has 0 aliphatic rings. The van der Waals surface area contributed by atoms with Crippen molar-refractivity contribution in [3.05, 3.63) is 28.8 Å². The first-order valence-electron chi connectivity index (χ1n) is 6.08. The summed E-state index contributed by atoms with van der Waals surface area (Å²) >= 11 is 6.11. The number of urea groups is 1. The number of hydrogen-bond donors (Lipinski definition) is 3. The summed E-state index contributed by atoms with van der Waals surface area (Å²) in [6.07, 6.45) is -0.882. The zero-order chi connectivity index (χ0) is 15.3. The molecule has 3 amide bonds. The molecule has 1 rings (SSSR count). The third-order valence-corrected chi connectivity index (χ3v) is 3.10. The van der Waals surface area contributed by atoms with Gasteiger partial charge in [-0.25, -0.2) is 4.79 Å². The molecule has 4 N–H and O–H groups in total. The van der Waals surface area contributed by atoms with Crippen molar-refractivity contribution in [1.29, 1.82) is 0 Å². The molecule has 0 saturated carbocycles. The van der Waals surface area contributed by atoms with E-state index in [-0.39, 0.29) is 6.04 Å². The molecular formula is C13H18ClN3O3. The van der Waals surface area contributed by atoms with Crippen LogP contribution < -0.4 is 21.1 Å². The smallest absolute Gasteiger partial charge is 0.318 e. The lowest BCUT2D eigenvalue weighted by atomic mass is 10.1. The standard InChI is InChI=1S/C13H18ClN3O3/c1-7(16-3)9-4-5-11(10(14)6-9)20-8(2)12(18)17-13(15)19/h4-8,16H,1-3H3,(H3,15,17,18,19). The number of halogens is 1. The first-order chi connectivity index (χ1) is 9.35. The number of nitrogens with two attached hydrogens (primary N) is 1. The minimum Gasteiger partial charge on any atom is -0.479 e. The lowest BCUT2D eigenvalue weighted by Crippen LogP contribution is -2.42. The predicted molar refractivity (Wildman–Crippen MR) is 76.7 cm³/mol. The van der Waals surface area contributed by atoms with Crippen LogP contribution in [0.3, 0.4) is 0 Å². The molecule has 1 aromatic carbocycles. The molecule has 2 unspecified atom stereocenters. The first kappa shape index (κ1) is 16.3. The van der Waals surface area contributed by atoms with Crippen LogP contribution in [-0.4, -0.2) is 25.1 Å². The van der Waals surface area contributed by atoms with Crippen molar-refractivity contribution in [2.24, 2.45) is 5.73 Å². The minimum absolute atomic E-state index is 0.150. The van der Waals surface area contributed by atoms with E-state index in [2.05, 4.69) is 5.32 Å². The SMILES string of the molecule is CNC(C)c1ccc(OC(C)C(=O)NC(N)=O)c(Cl)c1. The highest BCUT2D eigenvalue weighted by atomic mass is 35.5. The largest absolute Gasteiger partial charge is 0.479 e. The number of hydrogen-bond acceptors (Lipinski definition) is 4. The van der Waals surface area contributed by atoms with Gasteiger partial charge in [-0.15, -0.1) is 0 Å². The molecule has 0 aliphatic carbocycles. The summed E-state index contributed by atoms with van der Waals surface area (Å²) in [6, 6.07) is 4.52. The highest BCUT2D eigenvalue weighted by molar-refractivity contribution is 6.32. The summed E-state index contributed by atoms with van der Waals surface area (Å²) in [5.41, 5.74) is 5.86. The highest BCUT2D eigenvalue weighted by Crippen LogP contribution is 2.28. The Balaban J connectivity index is 2.78. The summed E-state index contributed by atoms with van der Waals surface area (Å²) in [5.74, 6) is -0.257. The van der Waals surface area contributed by atoms with E-state index in [9.17, 15) is 9.59 Å². The number of amides is 3. The molecular weight excluding hydrogens is 282 g/mol. The number of benzene rings is 1. The van der Waals surface area contributed by atoms with Crippen molar-refractivity contribution in [3.8, 4) is 5.75 Å². The van der Waals surface area contributed by atoms with E-state index < -0.39 is 18.0 Å². The second-order valence-corrected chi connectivity index (χ2v) is 4.72. The van der Waals surface area contributed by atoms with Gasteiger partial charge in [-0.2, -0.15) is 0 Å². The maximum Gasteiger partial charge on any atom is 0.318 e. The summed E-state index contributed by atoms with van der Waals surface area (Å²) < 4.78 is 5.40. The fourth-order valence-corrected chi connectivity index (χ4v) is 1.75. The van der Waals surface area contributed by atoms with Crippen LogP contribution >= 0.6 is 11.6 Å². The van der Waals surface area contributed by atoms with E-state index in [0.717, 1.165) is 5.56 Å². The molecule has 0 heterocycles. The van der Waals surface area contributed by atoms with Crippen LogP contribution in [0.15, 0.2) is 18.2 Å². The fourth-order valence-electron chi connectivity index (χ4n) is 1.52. The van der Waals surface area contributed by atoms with Crippen molar-refractivity contribution in [2.45, 2.75) is 26.0 Å². The zero-order valence-corrected chi connectivity index (χ0v) is 12.3. The Bertz CT molecular complexity index is 508. The van der Waals surface area contributed by atoms with Gasteiger partial charge >= 0.3 is 6.03 Å². The molecule has 2 atom stereocenters. The molecule has 0 aliphatic heterocycles. The molecule has 0 bridgehead atoms. The van der Waals surface area contributed by atoms with Gasteiger partial charge in [0, 0.05) is 6.04 Å². The van der Waals surface area contributed by atoms with Gasteiger partial charge in [0.15, 0.2) is 6.10 Å². The number of rotatable bonds is 5. The van der Waals surface area contributed by atoms with Crippen molar-refractivity contribution >= 4 is 23.5 Å².